The van der Waals surface area contributed by atoms with Gasteiger partial charge in [-0.05, 0) is 36.5 Å². The second-order valence-electron chi connectivity index (χ2n) is 5.39. The predicted molar refractivity (Wildman–Crippen MR) is 113 cm³/mol. The number of nitrogens with zero attached hydrogens (tertiary/aromatic N) is 1. The number of hydrogen-bond acceptors (Lipinski definition) is 3. The second-order valence-corrected chi connectivity index (χ2v) is 6.38. The lowest BCUT2D eigenvalue weighted by Gasteiger charge is -2.11. The van der Waals surface area contributed by atoms with Gasteiger partial charge in [-0.15, -0.1) is 24.0 Å². The van der Waals surface area contributed by atoms with Crippen LogP contribution in [0.25, 0.3) is 0 Å². The first-order valence-electron chi connectivity index (χ1n) is 8.18. The largest absolute Gasteiger partial charge is 0.411 e. The molecule has 0 saturated heterocycles. The summed E-state index contributed by atoms with van der Waals surface area (Å²) in [5, 5.41) is 6.47. The molecular weight excluding hydrogens is 478 g/mol. The van der Waals surface area contributed by atoms with Gasteiger partial charge >= 0.3 is 6.18 Å². The summed E-state index contributed by atoms with van der Waals surface area (Å²) in [6.07, 6.45) is -1.14. The van der Waals surface area contributed by atoms with E-state index in [1.54, 1.807) is 12.1 Å². The summed E-state index contributed by atoms with van der Waals surface area (Å²) >= 11 is 1.81. The lowest BCUT2D eigenvalue weighted by atomic mass is 10.1. The number of aliphatic imine (C=N–C) groups is 1. The molecular formula is C17H27F3IN3OS. The Morgan fingerprint density at radius 2 is 1.81 bits per heavy atom. The van der Waals surface area contributed by atoms with Crippen LogP contribution >= 0.6 is 35.7 Å². The molecule has 0 amide bonds. The number of alkyl halides is 3. The van der Waals surface area contributed by atoms with E-state index in [1.807, 2.05) is 30.8 Å². The van der Waals surface area contributed by atoms with Gasteiger partial charge in [-0.3, -0.25) is 0 Å². The Balaban J connectivity index is 0.00000625. The molecule has 0 bridgehead atoms. The first-order chi connectivity index (χ1) is 11.9. The third kappa shape index (κ3) is 12.6. The SMILES string of the molecule is CCNC(=NCc1ccc(COCC(F)(F)F)cc1)NCCCSC.I. The molecule has 150 valence electrons. The first kappa shape index (κ1) is 25.3. The van der Waals surface area contributed by atoms with Crippen molar-refractivity contribution in [3.63, 3.8) is 0 Å². The maximum atomic E-state index is 12.0. The van der Waals surface area contributed by atoms with Crippen LogP contribution in [0.4, 0.5) is 13.2 Å². The Morgan fingerprint density at radius 1 is 1.15 bits per heavy atom. The van der Waals surface area contributed by atoms with Gasteiger partial charge in [0.15, 0.2) is 5.96 Å². The maximum Gasteiger partial charge on any atom is 0.411 e. The summed E-state index contributed by atoms with van der Waals surface area (Å²) in [4.78, 5) is 4.51. The molecule has 9 heteroatoms. The molecule has 0 aliphatic rings. The van der Waals surface area contributed by atoms with Gasteiger partial charge in [-0.1, -0.05) is 24.3 Å². The van der Waals surface area contributed by atoms with Gasteiger partial charge in [0.1, 0.15) is 6.61 Å². The number of nitrogens with one attached hydrogen (secondary N) is 2. The van der Waals surface area contributed by atoms with Gasteiger partial charge in [0.25, 0.3) is 0 Å². The molecule has 2 N–H and O–H groups in total. The van der Waals surface area contributed by atoms with Crippen molar-refractivity contribution in [2.24, 2.45) is 4.99 Å². The Kier molecular flexibility index (Phi) is 14.0. The molecule has 0 radical (unpaired) electrons. The van der Waals surface area contributed by atoms with Crippen molar-refractivity contribution in [2.45, 2.75) is 32.7 Å². The van der Waals surface area contributed by atoms with E-state index < -0.39 is 12.8 Å². The van der Waals surface area contributed by atoms with Crippen LogP contribution in [0.5, 0.6) is 0 Å². The van der Waals surface area contributed by atoms with Gasteiger partial charge in [-0.2, -0.15) is 24.9 Å². The third-order valence-corrected chi connectivity index (χ3v) is 3.84. The van der Waals surface area contributed by atoms with E-state index in [-0.39, 0.29) is 30.6 Å². The van der Waals surface area contributed by atoms with Crippen LogP contribution in [0, 0.1) is 0 Å². The molecule has 0 aromatic heterocycles. The first-order valence-corrected chi connectivity index (χ1v) is 9.57. The fraction of sp³-hybridized carbons (Fsp3) is 0.588. The number of ether oxygens (including phenoxy) is 1. The Hall–Kier alpha value is -0.680. The molecule has 0 aliphatic heterocycles. The molecule has 1 aromatic carbocycles. The predicted octanol–water partition coefficient (Wildman–Crippen LogP) is 4.19. The minimum atomic E-state index is -4.29. The van der Waals surface area contributed by atoms with Crippen molar-refractivity contribution in [2.75, 3.05) is 31.7 Å². The minimum absolute atomic E-state index is 0. The number of halogens is 4. The fourth-order valence-corrected chi connectivity index (χ4v) is 2.39. The van der Waals surface area contributed by atoms with Crippen LogP contribution in [0.1, 0.15) is 24.5 Å². The van der Waals surface area contributed by atoms with Crippen molar-refractivity contribution in [1.29, 1.82) is 0 Å². The molecule has 1 rings (SSSR count). The van der Waals surface area contributed by atoms with E-state index in [2.05, 4.69) is 26.6 Å². The van der Waals surface area contributed by atoms with Crippen molar-refractivity contribution in [1.82, 2.24) is 10.6 Å². The van der Waals surface area contributed by atoms with Crippen molar-refractivity contribution < 1.29 is 17.9 Å². The number of guanidine groups is 1. The molecule has 4 nitrogen and oxygen atoms in total. The van der Waals surface area contributed by atoms with Gasteiger partial charge in [-0.25, -0.2) is 4.99 Å². The van der Waals surface area contributed by atoms with E-state index >= 15 is 0 Å². The van der Waals surface area contributed by atoms with E-state index in [0.29, 0.717) is 12.1 Å². The van der Waals surface area contributed by atoms with Crippen LogP contribution in [0.2, 0.25) is 0 Å². The molecule has 0 spiro atoms. The smallest absolute Gasteiger partial charge is 0.367 e. The zero-order valence-corrected chi connectivity index (χ0v) is 18.2. The van der Waals surface area contributed by atoms with Gasteiger partial charge in [0, 0.05) is 13.1 Å². The highest BCUT2D eigenvalue weighted by Gasteiger charge is 2.27. The Morgan fingerprint density at radius 3 is 2.38 bits per heavy atom. The second kappa shape index (κ2) is 14.4. The molecule has 26 heavy (non-hydrogen) atoms. The highest BCUT2D eigenvalue weighted by atomic mass is 127. The summed E-state index contributed by atoms with van der Waals surface area (Å²) in [5.41, 5.74) is 1.69. The monoisotopic (exact) mass is 505 g/mol. The molecule has 0 saturated carbocycles. The van der Waals surface area contributed by atoms with Gasteiger partial charge in [0.2, 0.25) is 0 Å². The zero-order valence-electron chi connectivity index (χ0n) is 15.1. The number of thioether (sulfide) groups is 1. The standard InChI is InChI=1S/C17H26F3N3OS.HI/c1-3-21-16(22-9-4-10-25-2)23-11-14-5-7-15(8-6-14)12-24-13-17(18,19)20;/h5-8H,3-4,9-13H2,1-2H3,(H2,21,22,23);1H. The quantitative estimate of drug-likeness (QED) is 0.217. The highest BCUT2D eigenvalue weighted by molar-refractivity contribution is 14.0. The van der Waals surface area contributed by atoms with E-state index in [1.165, 1.54) is 0 Å². The lowest BCUT2D eigenvalue weighted by molar-refractivity contribution is -0.176. The summed E-state index contributed by atoms with van der Waals surface area (Å²) in [6.45, 7) is 2.87. The van der Waals surface area contributed by atoms with E-state index in [0.717, 1.165) is 36.8 Å². The van der Waals surface area contributed by atoms with Crippen molar-refractivity contribution in [3.05, 3.63) is 35.4 Å². The number of hydrogen-bond donors (Lipinski definition) is 2. The van der Waals surface area contributed by atoms with E-state index in [9.17, 15) is 13.2 Å². The summed E-state index contributed by atoms with van der Waals surface area (Å²) < 4.78 is 40.8. The van der Waals surface area contributed by atoms with Crippen LogP contribution in [-0.2, 0) is 17.9 Å². The Labute approximate surface area is 174 Å². The highest BCUT2D eigenvalue weighted by Crippen LogP contribution is 2.16. The molecule has 0 heterocycles. The lowest BCUT2D eigenvalue weighted by Crippen LogP contribution is -2.37. The molecule has 0 fully saturated rings. The van der Waals surface area contributed by atoms with Crippen LogP contribution < -0.4 is 10.6 Å². The summed E-state index contributed by atoms with van der Waals surface area (Å²) in [6, 6.07) is 7.24. The summed E-state index contributed by atoms with van der Waals surface area (Å²) in [7, 11) is 0. The summed E-state index contributed by atoms with van der Waals surface area (Å²) in [5.74, 6) is 1.87. The minimum Gasteiger partial charge on any atom is -0.367 e. The maximum absolute atomic E-state index is 12.0. The van der Waals surface area contributed by atoms with Gasteiger partial charge in [0.05, 0.1) is 13.2 Å². The van der Waals surface area contributed by atoms with Crippen molar-refractivity contribution >= 4 is 41.7 Å². The fourth-order valence-electron chi connectivity index (χ4n) is 1.96. The zero-order chi connectivity index (χ0) is 18.5. The normalized spacial score (nSPS) is 11.8. The van der Waals surface area contributed by atoms with Crippen LogP contribution in [-0.4, -0.2) is 43.8 Å². The van der Waals surface area contributed by atoms with Crippen LogP contribution in [0.15, 0.2) is 29.3 Å². The van der Waals surface area contributed by atoms with E-state index in [4.69, 9.17) is 0 Å². The molecule has 0 unspecified atom stereocenters. The average Bonchev–Trinajstić information content (AvgIpc) is 2.56. The Bertz CT molecular complexity index is 513. The average molecular weight is 505 g/mol. The number of benzene rings is 1. The van der Waals surface area contributed by atoms with Crippen LogP contribution in [0.3, 0.4) is 0 Å². The molecule has 0 atom stereocenters. The topological polar surface area (TPSA) is 45.7 Å². The number of rotatable bonds is 10. The molecule has 0 aliphatic carbocycles. The third-order valence-electron chi connectivity index (χ3n) is 3.14. The van der Waals surface area contributed by atoms with Crippen molar-refractivity contribution in [3.8, 4) is 0 Å². The molecule has 1 aromatic rings. The van der Waals surface area contributed by atoms with Gasteiger partial charge < -0.3 is 15.4 Å².